The Bertz CT molecular complexity index is 315. The molecule has 0 saturated carbocycles. The molecule has 16 heavy (non-hydrogen) atoms. The van der Waals surface area contributed by atoms with Crippen LogP contribution in [0.4, 0.5) is 5.69 Å². The van der Waals surface area contributed by atoms with Crippen molar-refractivity contribution in [3.8, 4) is 0 Å². The molecule has 0 unspecified atom stereocenters. The van der Waals surface area contributed by atoms with E-state index in [1.807, 2.05) is 12.1 Å². The monoisotopic (exact) mass is 223 g/mol. The van der Waals surface area contributed by atoms with E-state index in [1.165, 1.54) is 0 Å². The summed E-state index contributed by atoms with van der Waals surface area (Å²) >= 11 is 0. The number of hydrogen-bond acceptors (Lipinski definition) is 4. The van der Waals surface area contributed by atoms with E-state index in [4.69, 9.17) is 10.5 Å². The van der Waals surface area contributed by atoms with Crippen molar-refractivity contribution in [1.29, 1.82) is 0 Å². The maximum absolute atomic E-state index is 5.88. The van der Waals surface area contributed by atoms with Crippen molar-refractivity contribution in [3.63, 3.8) is 0 Å². The van der Waals surface area contributed by atoms with Crippen molar-refractivity contribution in [2.45, 2.75) is 26.4 Å². The Hall–Kier alpha value is -1.13. The highest BCUT2D eigenvalue weighted by molar-refractivity contribution is 5.41. The van der Waals surface area contributed by atoms with Gasteiger partial charge in [0, 0.05) is 32.4 Å². The number of nitrogen functional groups attached to an aromatic ring is 1. The van der Waals surface area contributed by atoms with Gasteiger partial charge in [0.25, 0.3) is 0 Å². The lowest BCUT2D eigenvalue weighted by Crippen LogP contribution is -2.33. The number of anilines is 1. The van der Waals surface area contributed by atoms with Gasteiger partial charge in [-0.3, -0.25) is 9.88 Å². The van der Waals surface area contributed by atoms with Gasteiger partial charge in [0.2, 0.25) is 0 Å². The second-order valence-corrected chi connectivity index (χ2v) is 4.10. The van der Waals surface area contributed by atoms with Crippen LogP contribution in [0, 0.1) is 0 Å². The fourth-order valence-electron chi connectivity index (χ4n) is 1.50. The number of nitrogens with two attached hydrogens (primary N) is 1. The zero-order valence-corrected chi connectivity index (χ0v) is 10.3. The molecule has 4 heteroatoms. The molecule has 0 atom stereocenters. The van der Waals surface area contributed by atoms with Crippen molar-refractivity contribution in [2.75, 3.05) is 26.0 Å². The van der Waals surface area contributed by atoms with E-state index in [2.05, 4.69) is 23.7 Å². The Kier molecular flexibility index (Phi) is 5.22. The SMILES string of the molecule is COCCN(Cc1ncccc1N)C(C)C. The van der Waals surface area contributed by atoms with Crippen LogP contribution < -0.4 is 5.73 Å². The standard InChI is InChI=1S/C12H21N3O/c1-10(2)15(7-8-16-3)9-12-11(13)5-4-6-14-12/h4-6,10H,7-9,13H2,1-3H3. The zero-order chi connectivity index (χ0) is 12.0. The van der Waals surface area contributed by atoms with E-state index in [0.717, 1.165) is 31.1 Å². The van der Waals surface area contributed by atoms with E-state index in [9.17, 15) is 0 Å². The molecule has 0 radical (unpaired) electrons. The molecule has 0 amide bonds. The summed E-state index contributed by atoms with van der Waals surface area (Å²) in [5.41, 5.74) is 7.57. The first kappa shape index (κ1) is 12.9. The lowest BCUT2D eigenvalue weighted by molar-refractivity contribution is 0.124. The Morgan fingerprint density at radius 3 is 2.81 bits per heavy atom. The van der Waals surface area contributed by atoms with E-state index in [1.54, 1.807) is 13.3 Å². The fourth-order valence-corrected chi connectivity index (χ4v) is 1.50. The molecule has 0 aliphatic rings. The van der Waals surface area contributed by atoms with Crippen LogP contribution in [0.15, 0.2) is 18.3 Å². The highest BCUT2D eigenvalue weighted by Crippen LogP contribution is 2.12. The number of hydrogen-bond donors (Lipinski definition) is 1. The van der Waals surface area contributed by atoms with Gasteiger partial charge in [0.05, 0.1) is 18.0 Å². The highest BCUT2D eigenvalue weighted by atomic mass is 16.5. The molecule has 0 fully saturated rings. The van der Waals surface area contributed by atoms with Gasteiger partial charge in [0.15, 0.2) is 0 Å². The highest BCUT2D eigenvalue weighted by Gasteiger charge is 2.11. The maximum Gasteiger partial charge on any atom is 0.0772 e. The summed E-state index contributed by atoms with van der Waals surface area (Å²) in [5, 5.41) is 0. The van der Waals surface area contributed by atoms with Crippen LogP contribution in [0.2, 0.25) is 0 Å². The summed E-state index contributed by atoms with van der Waals surface area (Å²) in [4.78, 5) is 6.59. The molecule has 0 spiro atoms. The van der Waals surface area contributed by atoms with Crippen LogP contribution in [0.5, 0.6) is 0 Å². The van der Waals surface area contributed by atoms with Crippen molar-refractivity contribution in [3.05, 3.63) is 24.0 Å². The molecule has 4 nitrogen and oxygen atoms in total. The van der Waals surface area contributed by atoms with Crippen LogP contribution in [-0.2, 0) is 11.3 Å². The van der Waals surface area contributed by atoms with Crippen molar-refractivity contribution >= 4 is 5.69 Å². The summed E-state index contributed by atoms with van der Waals surface area (Å²) in [5.74, 6) is 0. The molecule has 0 aliphatic heterocycles. The Morgan fingerprint density at radius 1 is 1.50 bits per heavy atom. The van der Waals surface area contributed by atoms with E-state index >= 15 is 0 Å². The summed E-state index contributed by atoms with van der Waals surface area (Å²) in [6, 6.07) is 4.20. The smallest absolute Gasteiger partial charge is 0.0772 e. The quantitative estimate of drug-likeness (QED) is 0.794. The molecule has 1 rings (SSSR count). The molecule has 90 valence electrons. The minimum atomic E-state index is 0.455. The van der Waals surface area contributed by atoms with Crippen molar-refractivity contribution in [2.24, 2.45) is 0 Å². The van der Waals surface area contributed by atoms with Gasteiger partial charge in [-0.15, -0.1) is 0 Å². The molecular formula is C12H21N3O. The van der Waals surface area contributed by atoms with Gasteiger partial charge in [-0.1, -0.05) is 0 Å². The predicted molar refractivity (Wildman–Crippen MR) is 66.1 cm³/mol. The van der Waals surface area contributed by atoms with E-state index in [0.29, 0.717) is 6.04 Å². The number of ether oxygens (including phenoxy) is 1. The summed E-state index contributed by atoms with van der Waals surface area (Å²) in [6.45, 7) is 6.71. The number of methoxy groups -OCH3 is 1. The second kappa shape index (κ2) is 6.45. The van der Waals surface area contributed by atoms with Crippen molar-refractivity contribution < 1.29 is 4.74 Å². The first-order valence-electron chi connectivity index (χ1n) is 5.57. The van der Waals surface area contributed by atoms with E-state index < -0.39 is 0 Å². The largest absolute Gasteiger partial charge is 0.397 e. The third kappa shape index (κ3) is 3.79. The summed E-state index contributed by atoms with van der Waals surface area (Å²) < 4.78 is 5.10. The zero-order valence-electron chi connectivity index (χ0n) is 10.3. The third-order valence-corrected chi connectivity index (χ3v) is 2.59. The Balaban J connectivity index is 2.64. The Morgan fingerprint density at radius 2 is 2.25 bits per heavy atom. The molecule has 0 saturated heterocycles. The van der Waals surface area contributed by atoms with Gasteiger partial charge in [-0.05, 0) is 26.0 Å². The molecule has 1 aromatic heterocycles. The third-order valence-electron chi connectivity index (χ3n) is 2.59. The second-order valence-electron chi connectivity index (χ2n) is 4.10. The summed E-state index contributed by atoms with van der Waals surface area (Å²) in [7, 11) is 1.72. The lowest BCUT2D eigenvalue weighted by atomic mass is 10.2. The average molecular weight is 223 g/mol. The molecular weight excluding hydrogens is 202 g/mol. The van der Waals surface area contributed by atoms with Crippen molar-refractivity contribution in [1.82, 2.24) is 9.88 Å². The molecule has 1 aromatic rings. The first-order valence-corrected chi connectivity index (χ1v) is 5.57. The lowest BCUT2D eigenvalue weighted by Gasteiger charge is -2.26. The Labute approximate surface area is 97.4 Å². The maximum atomic E-state index is 5.88. The number of pyridine rings is 1. The predicted octanol–water partition coefficient (Wildman–Crippen LogP) is 1.52. The van der Waals surface area contributed by atoms with Crippen LogP contribution in [0.1, 0.15) is 19.5 Å². The van der Waals surface area contributed by atoms with Crippen LogP contribution in [-0.4, -0.2) is 36.2 Å². The molecule has 0 aromatic carbocycles. The summed E-state index contributed by atoms with van der Waals surface area (Å²) in [6.07, 6.45) is 1.78. The number of rotatable bonds is 6. The van der Waals surface area contributed by atoms with Crippen LogP contribution in [0.3, 0.4) is 0 Å². The van der Waals surface area contributed by atoms with Gasteiger partial charge in [-0.2, -0.15) is 0 Å². The van der Waals surface area contributed by atoms with Crippen LogP contribution in [0.25, 0.3) is 0 Å². The van der Waals surface area contributed by atoms with Gasteiger partial charge in [-0.25, -0.2) is 0 Å². The molecule has 1 heterocycles. The average Bonchev–Trinajstić information content (AvgIpc) is 2.26. The minimum Gasteiger partial charge on any atom is -0.397 e. The molecule has 2 N–H and O–H groups in total. The van der Waals surface area contributed by atoms with Gasteiger partial charge >= 0.3 is 0 Å². The number of aromatic nitrogens is 1. The minimum absolute atomic E-state index is 0.455. The van der Waals surface area contributed by atoms with Gasteiger partial charge < -0.3 is 10.5 Å². The molecule has 0 bridgehead atoms. The van der Waals surface area contributed by atoms with E-state index in [-0.39, 0.29) is 0 Å². The van der Waals surface area contributed by atoms with Crippen LogP contribution >= 0.6 is 0 Å². The normalized spacial score (nSPS) is 11.3. The van der Waals surface area contributed by atoms with Gasteiger partial charge in [0.1, 0.15) is 0 Å². The topological polar surface area (TPSA) is 51.4 Å². The first-order chi connectivity index (χ1) is 7.65. The number of nitrogens with zero attached hydrogens (tertiary/aromatic N) is 2. The molecule has 0 aliphatic carbocycles. The fraction of sp³-hybridized carbons (Fsp3) is 0.583.